The van der Waals surface area contributed by atoms with Crippen LogP contribution in [0.2, 0.25) is 0 Å². The maximum absolute atomic E-state index is 11.9. The van der Waals surface area contributed by atoms with Gasteiger partial charge in [0.05, 0.1) is 6.42 Å². The molecule has 0 fully saturated rings. The SMILES string of the molecule is O=C(O)CCCCCN1C(=O)Cc2cc(I)ccc21. The van der Waals surface area contributed by atoms with E-state index in [4.69, 9.17) is 5.11 Å². The van der Waals surface area contributed by atoms with Gasteiger partial charge >= 0.3 is 5.97 Å². The summed E-state index contributed by atoms with van der Waals surface area (Å²) in [5, 5.41) is 8.56. The van der Waals surface area contributed by atoms with Crippen molar-refractivity contribution in [3.05, 3.63) is 27.3 Å². The fourth-order valence-corrected chi connectivity index (χ4v) is 2.88. The van der Waals surface area contributed by atoms with Crippen molar-refractivity contribution in [1.29, 1.82) is 0 Å². The van der Waals surface area contributed by atoms with Gasteiger partial charge in [-0.25, -0.2) is 0 Å². The average molecular weight is 373 g/mol. The summed E-state index contributed by atoms with van der Waals surface area (Å²) >= 11 is 2.25. The number of halogens is 1. The summed E-state index contributed by atoms with van der Waals surface area (Å²) in [6.07, 6.45) is 3.07. The molecular weight excluding hydrogens is 357 g/mol. The molecule has 1 heterocycles. The second kappa shape index (κ2) is 6.36. The van der Waals surface area contributed by atoms with Gasteiger partial charge in [0, 0.05) is 22.2 Å². The first-order valence-electron chi connectivity index (χ1n) is 6.38. The Morgan fingerprint density at radius 1 is 1.32 bits per heavy atom. The van der Waals surface area contributed by atoms with Gasteiger partial charge < -0.3 is 10.0 Å². The Morgan fingerprint density at radius 3 is 2.84 bits per heavy atom. The molecule has 102 valence electrons. The third-order valence-corrected chi connectivity index (χ3v) is 3.92. The van der Waals surface area contributed by atoms with Crippen molar-refractivity contribution in [2.45, 2.75) is 32.1 Å². The topological polar surface area (TPSA) is 57.6 Å². The number of carbonyl (C=O) groups is 2. The van der Waals surface area contributed by atoms with Gasteiger partial charge in [0.1, 0.15) is 0 Å². The highest BCUT2D eigenvalue weighted by Crippen LogP contribution is 2.30. The molecule has 19 heavy (non-hydrogen) atoms. The lowest BCUT2D eigenvalue weighted by atomic mass is 10.1. The van der Waals surface area contributed by atoms with Gasteiger partial charge in [0.15, 0.2) is 0 Å². The van der Waals surface area contributed by atoms with Crippen LogP contribution in [-0.4, -0.2) is 23.5 Å². The van der Waals surface area contributed by atoms with Crippen LogP contribution in [0.25, 0.3) is 0 Å². The first-order valence-corrected chi connectivity index (χ1v) is 7.46. The monoisotopic (exact) mass is 373 g/mol. The Bertz CT molecular complexity index is 501. The normalized spacial score (nSPS) is 13.7. The van der Waals surface area contributed by atoms with E-state index >= 15 is 0 Å². The summed E-state index contributed by atoms with van der Waals surface area (Å²) in [5.74, 6) is -0.604. The molecule has 0 aliphatic carbocycles. The zero-order valence-electron chi connectivity index (χ0n) is 10.6. The number of amides is 1. The fraction of sp³-hybridized carbons (Fsp3) is 0.429. The van der Waals surface area contributed by atoms with Crippen molar-refractivity contribution in [3.8, 4) is 0 Å². The largest absolute Gasteiger partial charge is 0.481 e. The molecule has 1 aliphatic heterocycles. The summed E-state index contributed by atoms with van der Waals surface area (Å²) in [5.41, 5.74) is 2.12. The predicted molar refractivity (Wildman–Crippen MR) is 81.3 cm³/mol. The van der Waals surface area contributed by atoms with E-state index in [1.54, 1.807) is 0 Å². The fourth-order valence-electron chi connectivity index (χ4n) is 2.32. The van der Waals surface area contributed by atoms with Crippen LogP contribution in [0.15, 0.2) is 18.2 Å². The number of fused-ring (bicyclic) bond motifs is 1. The van der Waals surface area contributed by atoms with Gasteiger partial charge in [-0.2, -0.15) is 0 Å². The first-order chi connectivity index (χ1) is 9.08. The predicted octanol–water partition coefficient (Wildman–Crippen LogP) is 2.83. The van der Waals surface area contributed by atoms with Crippen LogP contribution in [0.4, 0.5) is 5.69 Å². The van der Waals surface area contributed by atoms with Gasteiger partial charge in [-0.15, -0.1) is 0 Å². The Morgan fingerprint density at radius 2 is 2.11 bits per heavy atom. The molecule has 1 aromatic rings. The molecule has 1 aliphatic rings. The summed E-state index contributed by atoms with van der Waals surface area (Å²) in [4.78, 5) is 24.2. The van der Waals surface area contributed by atoms with E-state index in [2.05, 4.69) is 28.7 Å². The minimum atomic E-state index is -0.753. The molecule has 1 aromatic carbocycles. The van der Waals surface area contributed by atoms with E-state index in [0.29, 0.717) is 19.4 Å². The van der Waals surface area contributed by atoms with Crippen LogP contribution in [0.3, 0.4) is 0 Å². The minimum absolute atomic E-state index is 0.148. The molecule has 4 nitrogen and oxygen atoms in total. The summed E-state index contributed by atoms with van der Waals surface area (Å²) in [7, 11) is 0. The lowest BCUT2D eigenvalue weighted by Crippen LogP contribution is -2.27. The van der Waals surface area contributed by atoms with Crippen molar-refractivity contribution < 1.29 is 14.7 Å². The zero-order valence-corrected chi connectivity index (χ0v) is 12.7. The molecule has 0 radical (unpaired) electrons. The standard InChI is InChI=1S/C14H16INO3/c15-11-5-6-12-10(8-11)9-13(17)16(12)7-3-1-2-4-14(18)19/h5-6,8H,1-4,7,9H2,(H,18,19). The number of benzene rings is 1. The summed E-state index contributed by atoms with van der Waals surface area (Å²) < 4.78 is 1.15. The maximum atomic E-state index is 11.9. The molecule has 2 rings (SSSR count). The van der Waals surface area contributed by atoms with Crippen LogP contribution in [0.5, 0.6) is 0 Å². The summed E-state index contributed by atoms with van der Waals surface area (Å²) in [6, 6.07) is 6.06. The number of carboxylic acid groups (broad SMARTS) is 1. The number of carboxylic acids is 1. The van der Waals surface area contributed by atoms with Crippen LogP contribution < -0.4 is 4.90 Å². The molecule has 0 bridgehead atoms. The van der Waals surface area contributed by atoms with Crippen molar-refractivity contribution >= 4 is 40.2 Å². The third-order valence-electron chi connectivity index (χ3n) is 3.25. The number of hydrogen-bond acceptors (Lipinski definition) is 2. The lowest BCUT2D eigenvalue weighted by Gasteiger charge is -2.17. The molecule has 0 atom stereocenters. The number of aliphatic carboxylic acids is 1. The molecule has 1 amide bonds. The summed E-state index contributed by atoms with van der Waals surface area (Å²) in [6.45, 7) is 0.687. The van der Waals surface area contributed by atoms with E-state index in [-0.39, 0.29) is 12.3 Å². The second-order valence-electron chi connectivity index (χ2n) is 4.70. The molecule has 0 unspecified atom stereocenters. The van der Waals surface area contributed by atoms with Crippen LogP contribution >= 0.6 is 22.6 Å². The molecular formula is C14H16INO3. The minimum Gasteiger partial charge on any atom is -0.481 e. The van der Waals surface area contributed by atoms with E-state index in [0.717, 1.165) is 27.7 Å². The van der Waals surface area contributed by atoms with E-state index in [1.807, 2.05) is 17.0 Å². The molecule has 5 heteroatoms. The first kappa shape index (κ1) is 14.3. The van der Waals surface area contributed by atoms with E-state index < -0.39 is 5.97 Å². The van der Waals surface area contributed by atoms with Gasteiger partial charge in [-0.05, 0) is 59.2 Å². The number of anilines is 1. The molecule has 0 saturated heterocycles. The van der Waals surface area contributed by atoms with Gasteiger partial charge in [0.2, 0.25) is 5.91 Å². The van der Waals surface area contributed by atoms with Crippen LogP contribution in [-0.2, 0) is 16.0 Å². The number of hydrogen-bond donors (Lipinski definition) is 1. The highest BCUT2D eigenvalue weighted by Gasteiger charge is 2.26. The van der Waals surface area contributed by atoms with Gasteiger partial charge in [-0.3, -0.25) is 9.59 Å². The van der Waals surface area contributed by atoms with E-state index in [1.165, 1.54) is 0 Å². The number of carbonyl (C=O) groups excluding carboxylic acids is 1. The molecule has 0 spiro atoms. The quantitative estimate of drug-likeness (QED) is 0.616. The highest BCUT2D eigenvalue weighted by atomic mass is 127. The van der Waals surface area contributed by atoms with Crippen molar-refractivity contribution in [2.75, 3.05) is 11.4 Å². The third kappa shape index (κ3) is 3.68. The molecule has 0 aromatic heterocycles. The van der Waals surface area contributed by atoms with Gasteiger partial charge in [0.25, 0.3) is 0 Å². The average Bonchev–Trinajstić information content (AvgIpc) is 2.64. The number of rotatable bonds is 6. The Hall–Kier alpha value is -1.11. The molecule has 0 saturated carbocycles. The van der Waals surface area contributed by atoms with Crippen molar-refractivity contribution in [2.24, 2.45) is 0 Å². The van der Waals surface area contributed by atoms with Crippen molar-refractivity contribution in [3.63, 3.8) is 0 Å². The number of nitrogens with zero attached hydrogens (tertiary/aromatic N) is 1. The lowest BCUT2D eigenvalue weighted by molar-refractivity contribution is -0.137. The smallest absolute Gasteiger partial charge is 0.303 e. The second-order valence-corrected chi connectivity index (χ2v) is 5.95. The Balaban J connectivity index is 1.88. The highest BCUT2D eigenvalue weighted by molar-refractivity contribution is 14.1. The number of unbranched alkanes of at least 4 members (excludes halogenated alkanes) is 2. The van der Waals surface area contributed by atoms with Crippen LogP contribution in [0, 0.1) is 3.57 Å². The Labute approximate surface area is 125 Å². The Kier molecular flexibility index (Phi) is 4.79. The van der Waals surface area contributed by atoms with Crippen LogP contribution in [0.1, 0.15) is 31.2 Å². The van der Waals surface area contributed by atoms with E-state index in [9.17, 15) is 9.59 Å². The zero-order chi connectivity index (χ0) is 13.8. The van der Waals surface area contributed by atoms with Gasteiger partial charge in [-0.1, -0.05) is 6.42 Å². The molecule has 1 N–H and O–H groups in total. The maximum Gasteiger partial charge on any atom is 0.303 e. The van der Waals surface area contributed by atoms with Crippen molar-refractivity contribution in [1.82, 2.24) is 0 Å².